The monoisotopic (exact) mass is 471 g/mol. The van der Waals surface area contributed by atoms with Gasteiger partial charge < -0.3 is 18.9 Å². The Kier molecular flexibility index (Phi) is 54.3. The number of rotatable bonds is 13. The maximum atomic E-state index is 5.27. The van der Waals surface area contributed by atoms with Crippen LogP contribution in [0.15, 0.2) is 0 Å². The number of hydrogen-bond acceptors (Lipinski definition) is 4. The summed E-state index contributed by atoms with van der Waals surface area (Å²) >= 11 is 0. The molecule has 0 fully saturated rings. The molecule has 0 aromatic rings. The van der Waals surface area contributed by atoms with Crippen molar-refractivity contribution in [3.63, 3.8) is 0 Å². The SMILES string of the molecule is C.C.C.C.CC(C)CCCC(C)C.CC(C)OCCOC(C)C.CC(C)OCOC(C)C. The molecule has 4 heteroatoms. The second kappa shape index (κ2) is 35.4. The van der Waals surface area contributed by atoms with Gasteiger partial charge >= 0.3 is 0 Å². The van der Waals surface area contributed by atoms with Crippen molar-refractivity contribution in [2.24, 2.45) is 11.8 Å². The van der Waals surface area contributed by atoms with Gasteiger partial charge in [0.15, 0.2) is 0 Å². The molecule has 0 aliphatic carbocycles. The summed E-state index contributed by atoms with van der Waals surface area (Å²) in [6, 6.07) is 0. The normalized spacial score (nSPS) is 9.94. The average Bonchev–Trinajstić information content (AvgIpc) is 2.51. The standard InChI is InChI=1S/C9H20.C8H18O2.C7H16O2.4CH4/c1-8(2)6-5-7-9(3)4;1-7(2)9-5-6-10-8(3)4;1-6(2)8-5-9-7(3)4;;;;/h8-9H,5-7H2,1-4H3;7-8H,5-6H2,1-4H3;6-7H,5H2,1-4H3;4*1H4. The Labute approximate surface area is 207 Å². The topological polar surface area (TPSA) is 36.9 Å². The molecule has 0 rings (SSSR count). The molecule has 4 nitrogen and oxygen atoms in total. The lowest BCUT2D eigenvalue weighted by molar-refractivity contribution is -0.0994. The van der Waals surface area contributed by atoms with Crippen LogP contribution in [0.25, 0.3) is 0 Å². The van der Waals surface area contributed by atoms with Crippen LogP contribution in [0.1, 0.15) is 132 Å². The van der Waals surface area contributed by atoms with Crippen LogP contribution in [0.5, 0.6) is 0 Å². The van der Waals surface area contributed by atoms with Gasteiger partial charge in [0.05, 0.1) is 37.6 Å². The Morgan fingerprint density at radius 1 is 0.406 bits per heavy atom. The van der Waals surface area contributed by atoms with E-state index in [2.05, 4.69) is 27.7 Å². The summed E-state index contributed by atoms with van der Waals surface area (Å²) in [6.45, 7) is 27.0. The molecule has 0 spiro atoms. The van der Waals surface area contributed by atoms with E-state index in [4.69, 9.17) is 18.9 Å². The molecule has 0 amide bonds. The highest BCUT2D eigenvalue weighted by Crippen LogP contribution is 2.10. The van der Waals surface area contributed by atoms with Crippen LogP contribution in [0.2, 0.25) is 0 Å². The molecular weight excluding hydrogens is 400 g/mol. The first-order valence-electron chi connectivity index (χ1n) is 11.3. The molecule has 0 aromatic heterocycles. The van der Waals surface area contributed by atoms with E-state index >= 15 is 0 Å². The molecule has 0 saturated carbocycles. The lowest BCUT2D eigenvalue weighted by atomic mass is 10.0. The van der Waals surface area contributed by atoms with Gasteiger partial charge in [-0.3, -0.25) is 0 Å². The fourth-order valence-electron chi connectivity index (χ4n) is 1.81. The lowest BCUT2D eigenvalue weighted by Crippen LogP contribution is -2.12. The summed E-state index contributed by atoms with van der Waals surface area (Å²) in [5, 5.41) is 0. The van der Waals surface area contributed by atoms with E-state index in [1.165, 1.54) is 19.3 Å². The van der Waals surface area contributed by atoms with Crippen molar-refractivity contribution in [2.75, 3.05) is 20.0 Å². The molecule has 0 aromatic carbocycles. The maximum Gasteiger partial charge on any atom is 0.147 e. The minimum Gasteiger partial charge on any atom is -0.376 e. The third kappa shape index (κ3) is 69.9. The summed E-state index contributed by atoms with van der Waals surface area (Å²) in [6.07, 6.45) is 5.38. The van der Waals surface area contributed by atoms with Gasteiger partial charge in [-0.1, -0.05) is 76.7 Å². The molecule has 0 unspecified atom stereocenters. The van der Waals surface area contributed by atoms with Crippen LogP contribution in [-0.4, -0.2) is 44.4 Å². The highest BCUT2D eigenvalue weighted by molar-refractivity contribution is 4.49. The first-order chi connectivity index (χ1) is 12.9. The Morgan fingerprint density at radius 2 is 0.656 bits per heavy atom. The molecule has 0 aliphatic rings. The molecule has 0 saturated heterocycles. The van der Waals surface area contributed by atoms with Crippen molar-refractivity contribution in [3.8, 4) is 0 Å². The third-order valence-electron chi connectivity index (χ3n) is 3.35. The zero-order valence-corrected chi connectivity index (χ0v) is 21.3. The molecule has 0 bridgehead atoms. The van der Waals surface area contributed by atoms with Gasteiger partial charge in [-0.25, -0.2) is 0 Å². The lowest BCUT2D eigenvalue weighted by Gasteiger charge is -2.09. The zero-order chi connectivity index (χ0) is 22.5. The minimum absolute atomic E-state index is 0. The first-order valence-corrected chi connectivity index (χ1v) is 11.3. The van der Waals surface area contributed by atoms with Crippen LogP contribution in [-0.2, 0) is 18.9 Å². The maximum absolute atomic E-state index is 5.27. The Balaban J connectivity index is -0.0000000552. The van der Waals surface area contributed by atoms with Crippen LogP contribution in [0.3, 0.4) is 0 Å². The fourth-order valence-corrected chi connectivity index (χ4v) is 1.81. The van der Waals surface area contributed by atoms with Crippen molar-refractivity contribution < 1.29 is 18.9 Å². The summed E-state index contributed by atoms with van der Waals surface area (Å²) in [5.74, 6) is 1.78. The Morgan fingerprint density at radius 3 is 0.844 bits per heavy atom. The molecule has 206 valence electrons. The van der Waals surface area contributed by atoms with Crippen molar-refractivity contribution in [3.05, 3.63) is 0 Å². The van der Waals surface area contributed by atoms with E-state index in [-0.39, 0.29) is 41.9 Å². The largest absolute Gasteiger partial charge is 0.376 e. The molecule has 32 heavy (non-hydrogen) atoms. The second-order valence-corrected chi connectivity index (χ2v) is 9.11. The van der Waals surface area contributed by atoms with Gasteiger partial charge in [0, 0.05) is 0 Å². The van der Waals surface area contributed by atoms with E-state index in [1.807, 2.05) is 55.4 Å². The molecule has 0 heterocycles. The van der Waals surface area contributed by atoms with Gasteiger partial charge in [0.1, 0.15) is 6.79 Å². The highest BCUT2D eigenvalue weighted by atomic mass is 16.7. The summed E-state index contributed by atoms with van der Waals surface area (Å²) in [7, 11) is 0. The summed E-state index contributed by atoms with van der Waals surface area (Å²) in [5.41, 5.74) is 0. The quantitative estimate of drug-likeness (QED) is 0.198. The second-order valence-electron chi connectivity index (χ2n) is 9.11. The predicted molar refractivity (Wildman–Crippen MR) is 150 cm³/mol. The van der Waals surface area contributed by atoms with Gasteiger partial charge in [-0.05, 0) is 67.2 Å². The van der Waals surface area contributed by atoms with E-state index in [0.29, 0.717) is 32.2 Å². The number of ether oxygens (including phenoxy) is 4. The number of hydrogen-bond donors (Lipinski definition) is 0. The Hall–Kier alpha value is -0.160. The third-order valence-corrected chi connectivity index (χ3v) is 3.35. The van der Waals surface area contributed by atoms with Crippen LogP contribution >= 0.6 is 0 Å². The van der Waals surface area contributed by atoms with Gasteiger partial charge in [-0.2, -0.15) is 0 Å². The highest BCUT2D eigenvalue weighted by Gasteiger charge is 1.96. The Bertz CT molecular complexity index is 231. The van der Waals surface area contributed by atoms with Gasteiger partial charge in [-0.15, -0.1) is 0 Å². The van der Waals surface area contributed by atoms with Crippen LogP contribution in [0, 0.1) is 11.8 Å². The van der Waals surface area contributed by atoms with E-state index < -0.39 is 0 Å². The summed E-state index contributed by atoms with van der Waals surface area (Å²) in [4.78, 5) is 0. The predicted octanol–water partition coefficient (Wildman–Crippen LogP) is 9.64. The molecule has 0 atom stereocenters. The van der Waals surface area contributed by atoms with Crippen molar-refractivity contribution in [2.45, 2.75) is 156 Å². The molecule has 0 aliphatic heterocycles. The molecular formula is C28H70O4. The van der Waals surface area contributed by atoms with Crippen LogP contribution < -0.4 is 0 Å². The van der Waals surface area contributed by atoms with E-state index in [0.717, 1.165) is 11.8 Å². The summed E-state index contributed by atoms with van der Waals surface area (Å²) < 4.78 is 20.8. The first kappa shape index (κ1) is 49.1. The fraction of sp³-hybridized carbons (Fsp3) is 1.00. The van der Waals surface area contributed by atoms with Crippen molar-refractivity contribution >= 4 is 0 Å². The smallest absolute Gasteiger partial charge is 0.147 e. The van der Waals surface area contributed by atoms with E-state index in [9.17, 15) is 0 Å². The molecule has 0 radical (unpaired) electrons. The zero-order valence-electron chi connectivity index (χ0n) is 21.3. The molecule has 0 N–H and O–H groups in total. The van der Waals surface area contributed by atoms with Crippen LogP contribution in [0.4, 0.5) is 0 Å². The van der Waals surface area contributed by atoms with Gasteiger partial charge in [0.25, 0.3) is 0 Å². The van der Waals surface area contributed by atoms with Crippen molar-refractivity contribution in [1.82, 2.24) is 0 Å². The van der Waals surface area contributed by atoms with Gasteiger partial charge in [0.2, 0.25) is 0 Å². The van der Waals surface area contributed by atoms with E-state index in [1.54, 1.807) is 0 Å². The average molecular weight is 471 g/mol. The van der Waals surface area contributed by atoms with Crippen molar-refractivity contribution in [1.29, 1.82) is 0 Å². The minimum atomic E-state index is 0.